The van der Waals surface area contributed by atoms with E-state index in [2.05, 4.69) is 58.7 Å². The van der Waals surface area contributed by atoms with Crippen molar-refractivity contribution in [1.82, 2.24) is 4.98 Å². The number of rotatable bonds is 10. The van der Waals surface area contributed by atoms with Crippen molar-refractivity contribution in [1.29, 1.82) is 0 Å². The smallest absolute Gasteiger partial charge is 0.416 e. The van der Waals surface area contributed by atoms with Crippen molar-refractivity contribution < 1.29 is 22.7 Å². The molecule has 0 unspecified atom stereocenters. The lowest BCUT2D eigenvalue weighted by Crippen LogP contribution is -2.51. The van der Waals surface area contributed by atoms with Crippen LogP contribution < -0.4 is 0 Å². The van der Waals surface area contributed by atoms with E-state index in [1.807, 2.05) is 19.1 Å². The quantitative estimate of drug-likeness (QED) is 0.270. The lowest BCUT2D eigenvalue weighted by molar-refractivity contribution is -0.137. The number of nitrogens with zero attached hydrogens (tertiary/aromatic N) is 1. The molecule has 1 N–H and O–H groups in total. The van der Waals surface area contributed by atoms with Gasteiger partial charge in [-0.2, -0.15) is 13.2 Å². The van der Waals surface area contributed by atoms with Gasteiger partial charge in [0, 0.05) is 18.4 Å². The van der Waals surface area contributed by atoms with Crippen molar-refractivity contribution in [3.63, 3.8) is 0 Å². The molecule has 0 spiro atoms. The molecular formula is C36H52F3NO2Si. The third-order valence-corrected chi connectivity index (χ3v) is 16.7. The zero-order chi connectivity index (χ0) is 31.5. The van der Waals surface area contributed by atoms with Crippen LogP contribution in [0.5, 0.6) is 0 Å². The number of aliphatic hydroxyl groups excluding tert-OH is 1. The molecule has 1 aromatic heterocycles. The van der Waals surface area contributed by atoms with Crippen LogP contribution in [0, 0.1) is 29.6 Å². The largest absolute Gasteiger partial charge is 0.416 e. The molecular weight excluding hydrogens is 563 g/mol. The minimum Gasteiger partial charge on any atom is -0.416 e. The lowest BCUT2D eigenvalue weighted by Gasteiger charge is -2.51. The van der Waals surface area contributed by atoms with E-state index in [0.717, 1.165) is 18.2 Å². The Morgan fingerprint density at radius 2 is 1.63 bits per heavy atom. The second-order valence-electron chi connectivity index (χ2n) is 14.1. The number of hydrogen-bond donors (Lipinski definition) is 1. The average Bonchev–Trinajstić information content (AvgIpc) is 2.95. The Kier molecular flexibility index (Phi) is 11.0. The van der Waals surface area contributed by atoms with Crippen LogP contribution in [0.25, 0.3) is 17.2 Å². The molecule has 0 aliphatic heterocycles. The van der Waals surface area contributed by atoms with E-state index in [4.69, 9.17) is 4.43 Å². The topological polar surface area (TPSA) is 42.4 Å². The van der Waals surface area contributed by atoms with Crippen LogP contribution in [-0.2, 0) is 10.6 Å². The fourth-order valence-corrected chi connectivity index (χ4v) is 14.4. The highest BCUT2D eigenvalue weighted by atomic mass is 28.4. The van der Waals surface area contributed by atoms with Gasteiger partial charge < -0.3 is 9.53 Å². The Morgan fingerprint density at radius 1 is 0.953 bits per heavy atom. The van der Waals surface area contributed by atoms with Crippen molar-refractivity contribution >= 4 is 14.4 Å². The number of alkyl halides is 3. The molecule has 4 rings (SSSR count). The molecule has 2 aliphatic rings. The summed E-state index contributed by atoms with van der Waals surface area (Å²) < 4.78 is 46.8. The highest BCUT2D eigenvalue weighted by Crippen LogP contribution is 2.52. The average molecular weight is 616 g/mol. The first-order chi connectivity index (χ1) is 20.3. The number of halogens is 3. The maximum atomic E-state index is 13.2. The number of allylic oxidation sites excluding steroid dienone is 1. The number of pyridine rings is 1. The maximum Gasteiger partial charge on any atom is 0.416 e. The Morgan fingerprint density at radius 3 is 2.21 bits per heavy atom. The second kappa shape index (κ2) is 14.0. The Balaban J connectivity index is 1.59. The van der Waals surface area contributed by atoms with Crippen molar-refractivity contribution in [2.24, 2.45) is 29.6 Å². The standard InChI is InChI=1S/C36H52F3NO2Si/c1-23(2)43(24(3)4,25(5)6)42-22-30-19-28-11-8-9-14-33(28)34(35(30)26(7)41)18-17-32-16-15-29(21-40-32)27-12-10-13-31(20-27)36(37,38)39/h10,12-13,15-18,20-21,23-26,28,30,33-35,41H,8-9,11,14,19,22H2,1-7H3/b18-17+/t26-,28+,30+,33-,34+,35-/m1/s1. The van der Waals surface area contributed by atoms with Gasteiger partial charge >= 0.3 is 6.18 Å². The summed E-state index contributed by atoms with van der Waals surface area (Å²) in [6, 6.07) is 9.08. The molecule has 0 saturated heterocycles. The first-order valence-electron chi connectivity index (χ1n) is 16.4. The predicted molar refractivity (Wildman–Crippen MR) is 173 cm³/mol. The van der Waals surface area contributed by atoms with Crippen molar-refractivity contribution in [2.75, 3.05) is 6.61 Å². The molecule has 2 saturated carbocycles. The van der Waals surface area contributed by atoms with Gasteiger partial charge in [0.25, 0.3) is 0 Å². The molecule has 6 atom stereocenters. The fraction of sp³-hybridized carbons (Fsp3) is 0.639. The minimum absolute atomic E-state index is 0.109. The number of aliphatic hydroxyl groups is 1. The van der Waals surface area contributed by atoms with Crippen molar-refractivity contribution in [2.45, 2.75) is 109 Å². The van der Waals surface area contributed by atoms with Gasteiger partial charge in [0.05, 0.1) is 17.4 Å². The second-order valence-corrected chi connectivity index (χ2v) is 19.6. The van der Waals surface area contributed by atoms with Crippen LogP contribution in [0.4, 0.5) is 13.2 Å². The van der Waals surface area contributed by atoms with E-state index in [0.29, 0.717) is 52.1 Å². The molecule has 1 heterocycles. The van der Waals surface area contributed by atoms with Gasteiger partial charge in [-0.3, -0.25) is 4.98 Å². The summed E-state index contributed by atoms with van der Waals surface area (Å²) in [6.45, 7) is 16.6. The van der Waals surface area contributed by atoms with Crippen molar-refractivity contribution in [3.05, 3.63) is 59.9 Å². The van der Waals surface area contributed by atoms with E-state index in [9.17, 15) is 18.3 Å². The van der Waals surface area contributed by atoms with Gasteiger partial charge in [0.1, 0.15) is 0 Å². The molecule has 2 aliphatic carbocycles. The molecule has 3 nitrogen and oxygen atoms in total. The lowest BCUT2D eigenvalue weighted by atomic mass is 9.57. The molecule has 1 aromatic carbocycles. The highest BCUT2D eigenvalue weighted by Gasteiger charge is 2.49. The number of hydrogen-bond acceptors (Lipinski definition) is 3. The molecule has 0 amide bonds. The van der Waals surface area contributed by atoms with Crippen LogP contribution in [-0.4, -0.2) is 31.1 Å². The zero-order valence-electron chi connectivity index (χ0n) is 27.1. The summed E-state index contributed by atoms with van der Waals surface area (Å²) in [5, 5.41) is 11.2. The molecule has 238 valence electrons. The fourth-order valence-electron chi connectivity index (χ4n) is 8.86. The van der Waals surface area contributed by atoms with E-state index in [-0.39, 0.29) is 11.8 Å². The van der Waals surface area contributed by atoms with Crippen LogP contribution in [0.15, 0.2) is 48.7 Å². The van der Waals surface area contributed by atoms with E-state index >= 15 is 0 Å². The summed E-state index contributed by atoms with van der Waals surface area (Å²) in [4.78, 5) is 4.60. The van der Waals surface area contributed by atoms with E-state index in [1.54, 1.807) is 12.3 Å². The monoisotopic (exact) mass is 615 g/mol. The van der Waals surface area contributed by atoms with Gasteiger partial charge in [-0.15, -0.1) is 0 Å². The minimum atomic E-state index is -4.38. The SMILES string of the molecule is CC(C)[Si](OC[C@@H]1C[C@@H]2CCCC[C@H]2[C@H](/C=C/c2ccc(-c3cccc(C(F)(F)F)c3)cn2)[C@@H]1[C@@H](C)O)(C(C)C)C(C)C. The maximum absolute atomic E-state index is 13.2. The summed E-state index contributed by atoms with van der Waals surface area (Å²) in [7, 11) is -2.03. The molecule has 2 aromatic rings. The zero-order valence-corrected chi connectivity index (χ0v) is 28.1. The Hall–Kier alpha value is -1.96. The number of aromatic nitrogens is 1. The molecule has 7 heteroatoms. The summed E-state index contributed by atoms with van der Waals surface area (Å²) in [5.41, 5.74) is 2.82. The van der Waals surface area contributed by atoms with Crippen molar-refractivity contribution in [3.8, 4) is 11.1 Å². The molecule has 2 fully saturated rings. The van der Waals surface area contributed by atoms with E-state index in [1.165, 1.54) is 37.8 Å². The first kappa shape index (κ1) is 33.9. The molecule has 43 heavy (non-hydrogen) atoms. The van der Waals surface area contributed by atoms with Gasteiger partial charge in [-0.1, -0.05) is 85.1 Å². The first-order valence-corrected chi connectivity index (χ1v) is 18.5. The van der Waals surface area contributed by atoms with Crippen LogP contribution in [0.3, 0.4) is 0 Å². The Labute approximate surface area is 258 Å². The third-order valence-electron chi connectivity index (χ3n) is 10.7. The number of fused-ring (bicyclic) bond motifs is 1. The van der Waals surface area contributed by atoms with Crippen LogP contribution in [0.1, 0.15) is 91.8 Å². The van der Waals surface area contributed by atoms with Gasteiger partial charge in [0.2, 0.25) is 0 Å². The van der Waals surface area contributed by atoms with Gasteiger partial charge in [-0.25, -0.2) is 0 Å². The summed E-state index contributed by atoms with van der Waals surface area (Å²) in [5.74, 6) is 1.81. The highest BCUT2D eigenvalue weighted by molar-refractivity contribution is 6.77. The summed E-state index contributed by atoms with van der Waals surface area (Å²) >= 11 is 0. The van der Waals surface area contributed by atoms with Crippen LogP contribution >= 0.6 is 0 Å². The summed E-state index contributed by atoms with van der Waals surface area (Å²) in [6.07, 6.45) is 7.19. The number of benzene rings is 1. The predicted octanol–water partition coefficient (Wildman–Crippen LogP) is 10.4. The Bertz CT molecular complexity index is 1190. The van der Waals surface area contributed by atoms with E-state index < -0.39 is 26.2 Å². The molecule has 0 radical (unpaired) electrons. The molecule has 0 bridgehead atoms. The third kappa shape index (κ3) is 7.47. The van der Waals surface area contributed by atoms with Gasteiger partial charge in [-0.05, 0) is 95.8 Å². The van der Waals surface area contributed by atoms with Gasteiger partial charge in [0.15, 0.2) is 8.32 Å². The van der Waals surface area contributed by atoms with Crippen LogP contribution in [0.2, 0.25) is 16.6 Å². The normalized spacial score (nSPS) is 26.0.